The maximum Gasteiger partial charge on any atom is 0.264 e. The van der Waals surface area contributed by atoms with Crippen LogP contribution >= 0.6 is 0 Å². The Balaban J connectivity index is 1.80. The smallest absolute Gasteiger partial charge is 0.264 e. The van der Waals surface area contributed by atoms with Crippen LogP contribution in [0.2, 0.25) is 0 Å². The molecule has 3 rings (SSSR count). The normalized spacial score (nSPS) is 28.5. The number of hydrogen-bond donors (Lipinski definition) is 3. The molecule has 0 bridgehead atoms. The molecule has 24 heavy (non-hydrogen) atoms. The maximum absolute atomic E-state index is 12.7. The number of ether oxygens (including phenoxy) is 1. The summed E-state index contributed by atoms with van der Waals surface area (Å²) in [5, 5.41) is 22.4. The first-order valence-corrected chi connectivity index (χ1v) is 8.69. The van der Waals surface area contributed by atoms with Crippen LogP contribution in [-0.4, -0.2) is 34.4 Å². The molecule has 1 unspecified atom stereocenters. The fraction of sp³-hybridized carbons (Fsp3) is 0.632. The molecule has 2 aliphatic rings. The number of benzene rings is 1. The Morgan fingerprint density at radius 3 is 2.54 bits per heavy atom. The van der Waals surface area contributed by atoms with Crippen LogP contribution in [0.25, 0.3) is 0 Å². The van der Waals surface area contributed by atoms with Crippen molar-refractivity contribution in [2.45, 2.75) is 65.0 Å². The first-order valence-electron chi connectivity index (χ1n) is 8.69. The first kappa shape index (κ1) is 17.1. The SMILES string of the molecule is Cc1c(C)c2c(c(C)c1O)CCC(C)(C(=O)NC1CC(CO)C1)O2. The fourth-order valence-electron chi connectivity index (χ4n) is 3.75. The summed E-state index contributed by atoms with van der Waals surface area (Å²) in [6.45, 7) is 7.72. The number of amides is 1. The lowest BCUT2D eigenvalue weighted by Crippen LogP contribution is -2.56. The molecule has 0 saturated heterocycles. The molecule has 0 spiro atoms. The van der Waals surface area contributed by atoms with Gasteiger partial charge in [-0.15, -0.1) is 0 Å². The van der Waals surface area contributed by atoms with E-state index in [1.165, 1.54) is 0 Å². The Bertz CT molecular complexity index is 679. The summed E-state index contributed by atoms with van der Waals surface area (Å²) in [4.78, 5) is 12.7. The van der Waals surface area contributed by atoms with E-state index in [2.05, 4.69) is 5.32 Å². The summed E-state index contributed by atoms with van der Waals surface area (Å²) in [6.07, 6.45) is 2.97. The number of fused-ring (bicyclic) bond motifs is 1. The number of rotatable bonds is 3. The predicted octanol–water partition coefficient (Wildman–Crippen LogP) is 2.29. The van der Waals surface area contributed by atoms with E-state index in [1.54, 1.807) is 0 Å². The standard InChI is InChI=1S/C19H27NO4/c1-10-11(2)17-15(12(3)16(10)22)5-6-19(4,24-17)18(23)20-14-7-13(8-14)9-21/h13-14,21-22H,5-9H2,1-4H3,(H,20,23). The van der Waals surface area contributed by atoms with Gasteiger partial charge in [-0.2, -0.15) is 0 Å². The summed E-state index contributed by atoms with van der Waals surface area (Å²) in [6, 6.07) is 0.140. The second-order valence-corrected chi connectivity index (χ2v) is 7.55. The molecule has 1 heterocycles. The molecular formula is C19H27NO4. The second kappa shape index (κ2) is 5.96. The van der Waals surface area contributed by atoms with E-state index in [1.807, 2.05) is 27.7 Å². The third kappa shape index (κ3) is 2.65. The molecule has 1 aliphatic heterocycles. The number of carbonyl (C=O) groups excluding carboxylic acids is 1. The van der Waals surface area contributed by atoms with Crippen molar-refractivity contribution < 1.29 is 19.7 Å². The number of aliphatic hydroxyl groups is 1. The van der Waals surface area contributed by atoms with Crippen LogP contribution in [0, 0.1) is 26.7 Å². The van der Waals surface area contributed by atoms with Gasteiger partial charge in [-0.05, 0) is 69.6 Å². The van der Waals surface area contributed by atoms with Crippen molar-refractivity contribution in [1.29, 1.82) is 0 Å². The first-order chi connectivity index (χ1) is 11.3. The van der Waals surface area contributed by atoms with E-state index >= 15 is 0 Å². The molecule has 1 amide bonds. The van der Waals surface area contributed by atoms with E-state index in [-0.39, 0.29) is 18.6 Å². The second-order valence-electron chi connectivity index (χ2n) is 7.55. The lowest BCUT2D eigenvalue weighted by atomic mass is 9.80. The van der Waals surface area contributed by atoms with Gasteiger partial charge in [-0.25, -0.2) is 0 Å². The lowest BCUT2D eigenvalue weighted by molar-refractivity contribution is -0.138. The number of aliphatic hydroxyl groups excluding tert-OH is 1. The third-order valence-corrected chi connectivity index (χ3v) is 5.83. The predicted molar refractivity (Wildman–Crippen MR) is 91.4 cm³/mol. The zero-order valence-electron chi connectivity index (χ0n) is 14.9. The molecule has 1 atom stereocenters. The van der Waals surface area contributed by atoms with Gasteiger partial charge in [0, 0.05) is 24.6 Å². The molecular weight excluding hydrogens is 306 g/mol. The van der Waals surface area contributed by atoms with E-state index in [9.17, 15) is 9.90 Å². The van der Waals surface area contributed by atoms with Gasteiger partial charge in [-0.1, -0.05) is 0 Å². The summed E-state index contributed by atoms with van der Waals surface area (Å²) >= 11 is 0. The number of carbonyl (C=O) groups is 1. The Morgan fingerprint density at radius 1 is 1.25 bits per heavy atom. The zero-order chi connectivity index (χ0) is 17.6. The Labute approximate surface area is 143 Å². The highest BCUT2D eigenvalue weighted by atomic mass is 16.5. The highest BCUT2D eigenvalue weighted by Crippen LogP contribution is 2.43. The molecule has 1 aromatic rings. The number of phenols is 1. The largest absolute Gasteiger partial charge is 0.507 e. The summed E-state index contributed by atoms with van der Waals surface area (Å²) in [7, 11) is 0. The number of nitrogens with one attached hydrogen (secondary N) is 1. The van der Waals surface area contributed by atoms with Crippen molar-refractivity contribution in [3.63, 3.8) is 0 Å². The average molecular weight is 333 g/mol. The van der Waals surface area contributed by atoms with Gasteiger partial charge < -0.3 is 20.3 Å². The molecule has 1 aliphatic carbocycles. The monoisotopic (exact) mass is 333 g/mol. The van der Waals surface area contributed by atoms with Crippen molar-refractivity contribution in [3.05, 3.63) is 22.3 Å². The van der Waals surface area contributed by atoms with Gasteiger partial charge in [0.2, 0.25) is 0 Å². The highest BCUT2D eigenvalue weighted by molar-refractivity contribution is 5.86. The number of hydrogen-bond acceptors (Lipinski definition) is 4. The summed E-state index contributed by atoms with van der Waals surface area (Å²) < 4.78 is 6.18. The fourth-order valence-corrected chi connectivity index (χ4v) is 3.75. The number of aromatic hydroxyl groups is 1. The third-order valence-electron chi connectivity index (χ3n) is 5.83. The van der Waals surface area contributed by atoms with Crippen molar-refractivity contribution in [3.8, 4) is 11.5 Å². The van der Waals surface area contributed by atoms with Gasteiger partial charge in [0.25, 0.3) is 5.91 Å². The molecule has 5 nitrogen and oxygen atoms in total. The Morgan fingerprint density at radius 2 is 1.92 bits per heavy atom. The molecule has 3 N–H and O–H groups in total. The minimum absolute atomic E-state index is 0.0858. The van der Waals surface area contributed by atoms with Gasteiger partial charge in [0.1, 0.15) is 11.5 Å². The van der Waals surface area contributed by atoms with E-state index in [4.69, 9.17) is 9.84 Å². The number of phenolic OH excluding ortho intramolecular Hbond substituents is 1. The molecule has 0 aromatic heterocycles. The van der Waals surface area contributed by atoms with Crippen molar-refractivity contribution in [2.24, 2.45) is 5.92 Å². The Kier molecular flexibility index (Phi) is 4.24. The van der Waals surface area contributed by atoms with Crippen LogP contribution < -0.4 is 10.1 Å². The molecule has 5 heteroatoms. The van der Waals surface area contributed by atoms with Crippen LogP contribution in [0.5, 0.6) is 11.5 Å². The van der Waals surface area contributed by atoms with Crippen molar-refractivity contribution >= 4 is 5.91 Å². The Hall–Kier alpha value is -1.75. The highest BCUT2D eigenvalue weighted by Gasteiger charge is 2.42. The van der Waals surface area contributed by atoms with Gasteiger partial charge in [0.05, 0.1) is 0 Å². The molecule has 0 radical (unpaired) electrons. The van der Waals surface area contributed by atoms with E-state index < -0.39 is 5.60 Å². The van der Waals surface area contributed by atoms with Crippen LogP contribution in [0.15, 0.2) is 0 Å². The minimum atomic E-state index is -0.891. The summed E-state index contributed by atoms with van der Waals surface area (Å²) in [5.41, 5.74) is 2.67. The van der Waals surface area contributed by atoms with Crippen molar-refractivity contribution in [1.82, 2.24) is 5.32 Å². The van der Waals surface area contributed by atoms with Crippen molar-refractivity contribution in [2.75, 3.05) is 6.61 Å². The van der Waals surface area contributed by atoms with Gasteiger partial charge in [0.15, 0.2) is 5.60 Å². The quantitative estimate of drug-likeness (QED) is 0.793. The van der Waals surface area contributed by atoms with Crippen LogP contribution in [0.1, 0.15) is 48.4 Å². The summed E-state index contributed by atoms with van der Waals surface area (Å²) in [5.74, 6) is 1.30. The average Bonchev–Trinajstić information content (AvgIpc) is 2.53. The van der Waals surface area contributed by atoms with E-state index in [0.29, 0.717) is 24.5 Å². The van der Waals surface area contributed by atoms with Crippen LogP contribution in [0.3, 0.4) is 0 Å². The zero-order valence-corrected chi connectivity index (χ0v) is 14.9. The lowest BCUT2D eigenvalue weighted by Gasteiger charge is -2.40. The topological polar surface area (TPSA) is 78.8 Å². The van der Waals surface area contributed by atoms with Crippen LogP contribution in [0.4, 0.5) is 0 Å². The molecule has 1 saturated carbocycles. The van der Waals surface area contributed by atoms with E-state index in [0.717, 1.165) is 40.8 Å². The molecule has 132 valence electrons. The van der Waals surface area contributed by atoms with Gasteiger partial charge in [-0.3, -0.25) is 4.79 Å². The van der Waals surface area contributed by atoms with Gasteiger partial charge >= 0.3 is 0 Å². The minimum Gasteiger partial charge on any atom is -0.507 e. The van der Waals surface area contributed by atoms with Crippen LogP contribution in [-0.2, 0) is 11.2 Å². The molecule has 1 aromatic carbocycles. The maximum atomic E-state index is 12.7. The molecule has 1 fully saturated rings.